The first-order valence-corrected chi connectivity index (χ1v) is 22.7. The Bertz CT molecular complexity index is 1140. The quantitative estimate of drug-likeness (QED) is 0.0180. The van der Waals surface area contributed by atoms with Crippen LogP contribution >= 0.6 is 7.82 Å². The van der Waals surface area contributed by atoms with Gasteiger partial charge in [-0.3, -0.25) is 23.4 Å². The van der Waals surface area contributed by atoms with Crippen molar-refractivity contribution in [2.45, 2.75) is 186 Å². The summed E-state index contributed by atoms with van der Waals surface area (Å²) >= 11 is 0. The predicted molar refractivity (Wildman–Crippen MR) is 212 cm³/mol. The van der Waals surface area contributed by atoms with E-state index in [1.807, 2.05) is 0 Å². The third-order valence-corrected chi connectivity index (χ3v) is 11.4. The van der Waals surface area contributed by atoms with Gasteiger partial charge in [0, 0.05) is 43.9 Å². The van der Waals surface area contributed by atoms with Crippen molar-refractivity contribution in [3.63, 3.8) is 0 Å². The number of aliphatic hydroxyl groups excluding tert-OH is 5. The molecule has 0 aromatic carbocycles. The fraction of sp³-hybridized carbons (Fsp3) is 0.878. The van der Waals surface area contributed by atoms with E-state index in [2.05, 4.69) is 25.3 Å². The molecule has 0 saturated heterocycles. The van der Waals surface area contributed by atoms with Gasteiger partial charge >= 0.3 is 19.8 Å². The molecule has 328 valence electrons. The molecule has 0 bridgehead atoms. The topological polar surface area (TPSA) is 227 Å². The molecule has 2 unspecified atom stereocenters. The van der Waals surface area contributed by atoms with Crippen molar-refractivity contribution in [1.82, 2.24) is 0 Å². The van der Waals surface area contributed by atoms with Crippen LogP contribution < -0.4 is 0 Å². The predicted octanol–water partition coefficient (Wildman–Crippen LogP) is 6.25. The SMILES string of the molecule is CCCCC[C@H](O)/C=C/[C@@H]1[C@@H](CC(=O)CCCCC(=O)O[C@H](COC(=O)CCCCCCCCCCC(C)CC)COP(=O)(O)OC[C@@H](O)CO)[C@@H](O)C[C@H]1O. The molecule has 1 saturated carbocycles. The third kappa shape index (κ3) is 25.6. The second kappa shape index (κ2) is 31.2. The van der Waals surface area contributed by atoms with Crippen molar-refractivity contribution in [3.05, 3.63) is 12.2 Å². The average Bonchev–Trinajstić information content (AvgIpc) is 3.43. The Labute approximate surface area is 335 Å². The Hall–Kier alpha value is -1.74. The summed E-state index contributed by atoms with van der Waals surface area (Å²) in [5.41, 5.74) is 0. The monoisotopic (exact) mass is 822 g/mol. The fourth-order valence-electron chi connectivity index (χ4n) is 6.67. The lowest BCUT2D eigenvalue weighted by atomic mass is 9.87. The summed E-state index contributed by atoms with van der Waals surface area (Å²) in [5.74, 6) is -1.50. The second-order valence-corrected chi connectivity index (χ2v) is 17.0. The van der Waals surface area contributed by atoms with Crippen molar-refractivity contribution < 1.29 is 67.9 Å². The molecule has 0 aromatic heterocycles. The highest BCUT2D eigenvalue weighted by atomic mass is 31.2. The van der Waals surface area contributed by atoms with Crippen molar-refractivity contribution in [3.8, 4) is 0 Å². The van der Waals surface area contributed by atoms with E-state index in [4.69, 9.17) is 19.1 Å². The first-order valence-electron chi connectivity index (χ1n) is 21.2. The Morgan fingerprint density at radius 2 is 1.36 bits per heavy atom. The van der Waals surface area contributed by atoms with Crippen LogP contribution in [0.5, 0.6) is 0 Å². The number of esters is 2. The summed E-state index contributed by atoms with van der Waals surface area (Å²) in [6, 6.07) is 0. The smallest absolute Gasteiger partial charge is 0.462 e. The lowest BCUT2D eigenvalue weighted by Gasteiger charge is -2.21. The Morgan fingerprint density at radius 3 is 2.02 bits per heavy atom. The van der Waals surface area contributed by atoms with Crippen LogP contribution in [0.3, 0.4) is 0 Å². The Morgan fingerprint density at radius 1 is 0.768 bits per heavy atom. The van der Waals surface area contributed by atoms with E-state index >= 15 is 0 Å². The molecule has 0 aromatic rings. The van der Waals surface area contributed by atoms with Gasteiger partial charge in [0.15, 0.2) is 6.10 Å². The molecular weight excluding hydrogens is 747 g/mol. The van der Waals surface area contributed by atoms with Gasteiger partial charge in [-0.25, -0.2) is 4.57 Å². The van der Waals surface area contributed by atoms with Crippen molar-refractivity contribution in [1.29, 1.82) is 0 Å². The standard InChI is InChI=1S/C41H75O14P/c1-4-6-13-19-32(43)23-24-36-37(39(47)26-38(36)46)25-33(44)20-16-17-22-41(49)55-35(30-54-56(50,51)53-28-34(45)27-42)29-52-40(48)21-15-12-10-8-7-9-11-14-18-31(3)5-2/h23-24,31-32,34-39,42-43,45-47H,4-22,25-30H2,1-3H3,(H,50,51)/b24-23+/t31?,32-,34-,35+,36+,37+,38+,39-/m0/s1. The summed E-state index contributed by atoms with van der Waals surface area (Å²) in [7, 11) is -4.72. The van der Waals surface area contributed by atoms with Crippen LogP contribution in [0.25, 0.3) is 0 Å². The van der Waals surface area contributed by atoms with E-state index in [0.29, 0.717) is 19.3 Å². The maximum Gasteiger partial charge on any atom is 0.472 e. The van der Waals surface area contributed by atoms with Gasteiger partial charge in [0.2, 0.25) is 0 Å². The van der Waals surface area contributed by atoms with Gasteiger partial charge < -0.3 is 39.9 Å². The Balaban J connectivity index is 2.54. The molecule has 14 nitrogen and oxygen atoms in total. The minimum atomic E-state index is -4.72. The first-order chi connectivity index (χ1) is 26.7. The number of phosphoric ester groups is 1. The molecule has 0 radical (unpaired) electrons. The van der Waals surface area contributed by atoms with Crippen LogP contribution in [0, 0.1) is 17.8 Å². The number of unbranched alkanes of at least 4 members (excludes halogenated alkanes) is 10. The van der Waals surface area contributed by atoms with E-state index < -0.39 is 88.5 Å². The van der Waals surface area contributed by atoms with E-state index in [-0.39, 0.29) is 44.3 Å². The summed E-state index contributed by atoms with van der Waals surface area (Å²) in [4.78, 5) is 48.0. The number of ether oxygens (including phenoxy) is 2. The minimum Gasteiger partial charge on any atom is -0.462 e. The molecule has 1 fully saturated rings. The molecule has 1 aliphatic rings. The number of ketones is 1. The van der Waals surface area contributed by atoms with Crippen LogP contribution in [-0.2, 0) is 37.5 Å². The maximum absolute atomic E-state index is 12.8. The summed E-state index contributed by atoms with van der Waals surface area (Å²) < 4.78 is 32.5. The zero-order chi connectivity index (χ0) is 41.8. The number of carbonyl (C=O) groups is 3. The van der Waals surface area contributed by atoms with Gasteiger partial charge in [-0.2, -0.15) is 0 Å². The van der Waals surface area contributed by atoms with Crippen molar-refractivity contribution in [2.24, 2.45) is 17.8 Å². The number of hydrogen-bond acceptors (Lipinski definition) is 13. The van der Waals surface area contributed by atoms with E-state index in [1.54, 1.807) is 12.2 Å². The van der Waals surface area contributed by atoms with Gasteiger partial charge in [0.25, 0.3) is 0 Å². The van der Waals surface area contributed by atoms with Crippen molar-refractivity contribution in [2.75, 3.05) is 26.4 Å². The van der Waals surface area contributed by atoms with Gasteiger partial charge in [0.05, 0.1) is 38.1 Å². The number of rotatable bonds is 35. The largest absolute Gasteiger partial charge is 0.472 e. The summed E-state index contributed by atoms with van der Waals surface area (Å²) in [5, 5.41) is 49.6. The minimum absolute atomic E-state index is 0.0473. The fourth-order valence-corrected chi connectivity index (χ4v) is 7.46. The van der Waals surface area contributed by atoms with Crippen LogP contribution in [-0.4, -0.2) is 105 Å². The molecule has 0 aliphatic heterocycles. The molecule has 9 atom stereocenters. The molecule has 1 rings (SSSR count). The molecule has 15 heteroatoms. The van der Waals surface area contributed by atoms with Crippen LogP contribution in [0.4, 0.5) is 0 Å². The van der Waals surface area contributed by atoms with E-state index in [0.717, 1.165) is 44.4 Å². The molecule has 56 heavy (non-hydrogen) atoms. The normalized spacial score (nSPS) is 21.7. The molecule has 0 heterocycles. The maximum atomic E-state index is 12.8. The van der Waals surface area contributed by atoms with E-state index in [9.17, 15) is 44.3 Å². The lowest BCUT2D eigenvalue weighted by Crippen LogP contribution is -2.30. The van der Waals surface area contributed by atoms with Crippen LogP contribution in [0.1, 0.15) is 156 Å². The van der Waals surface area contributed by atoms with Gasteiger partial charge in [-0.05, 0) is 31.6 Å². The van der Waals surface area contributed by atoms with E-state index in [1.165, 1.54) is 38.5 Å². The van der Waals surface area contributed by atoms with Gasteiger partial charge in [-0.15, -0.1) is 0 Å². The zero-order valence-electron chi connectivity index (χ0n) is 34.3. The number of carbonyl (C=O) groups excluding carboxylic acids is 3. The number of phosphoric acid groups is 1. The number of aliphatic hydroxyl groups is 5. The van der Waals surface area contributed by atoms with Crippen LogP contribution in [0.2, 0.25) is 0 Å². The second-order valence-electron chi connectivity index (χ2n) is 15.6. The highest BCUT2D eigenvalue weighted by Gasteiger charge is 2.41. The van der Waals surface area contributed by atoms with Gasteiger partial charge in [0.1, 0.15) is 18.5 Å². The summed E-state index contributed by atoms with van der Waals surface area (Å²) in [6.45, 7) is 4.12. The molecular formula is C41H75O14P. The Kier molecular flexibility index (Phi) is 29.1. The lowest BCUT2D eigenvalue weighted by molar-refractivity contribution is -0.161. The molecule has 0 amide bonds. The number of Topliss-reactive ketones (excluding diaryl/α,β-unsaturated/α-hetero) is 1. The average molecular weight is 823 g/mol. The molecule has 0 spiro atoms. The highest BCUT2D eigenvalue weighted by Crippen LogP contribution is 2.43. The third-order valence-electron chi connectivity index (χ3n) is 10.4. The molecule has 6 N–H and O–H groups in total. The summed E-state index contributed by atoms with van der Waals surface area (Å²) in [6.07, 6.45) is 14.0. The highest BCUT2D eigenvalue weighted by molar-refractivity contribution is 7.47. The van der Waals surface area contributed by atoms with Crippen molar-refractivity contribution >= 4 is 25.5 Å². The van der Waals surface area contributed by atoms with Gasteiger partial charge in [-0.1, -0.05) is 110 Å². The first kappa shape index (κ1) is 52.3. The zero-order valence-corrected chi connectivity index (χ0v) is 35.2. The molecule has 1 aliphatic carbocycles. The number of hydrogen-bond donors (Lipinski definition) is 6. The van der Waals surface area contributed by atoms with Crippen LogP contribution in [0.15, 0.2) is 12.2 Å².